The summed E-state index contributed by atoms with van der Waals surface area (Å²) in [6.45, 7) is 0. The van der Waals surface area contributed by atoms with Crippen molar-refractivity contribution in [3.8, 4) is 0 Å². The highest BCUT2D eigenvalue weighted by molar-refractivity contribution is 5.87. The third kappa shape index (κ3) is 7.53. The Morgan fingerprint density at radius 2 is 1.35 bits per heavy atom. The van der Waals surface area contributed by atoms with Gasteiger partial charge in [0.05, 0.1) is 6.04 Å². The van der Waals surface area contributed by atoms with Gasteiger partial charge in [-0.15, -0.1) is 0 Å². The predicted molar refractivity (Wildman–Crippen MR) is 92.8 cm³/mol. The molecule has 0 bridgehead atoms. The molecule has 2 aromatic rings. The molecule has 0 aromatic heterocycles. The maximum atomic E-state index is 12.2. The van der Waals surface area contributed by atoms with Gasteiger partial charge in [0.25, 0.3) is 0 Å². The fourth-order valence-corrected chi connectivity index (χ4v) is 2.29. The van der Waals surface area contributed by atoms with E-state index in [1.165, 1.54) is 0 Å². The zero-order chi connectivity index (χ0) is 19.4. The Bertz CT molecular complexity index is 728. The van der Waals surface area contributed by atoms with E-state index >= 15 is 0 Å². The van der Waals surface area contributed by atoms with E-state index in [0.717, 1.165) is 11.1 Å². The Hall–Kier alpha value is -3.28. The van der Waals surface area contributed by atoms with Crippen LogP contribution in [-0.2, 0) is 32.0 Å². The van der Waals surface area contributed by atoms with Crippen molar-refractivity contribution in [3.05, 3.63) is 71.8 Å². The van der Waals surface area contributed by atoms with Crippen LogP contribution in [0.5, 0.6) is 0 Å². The number of rotatable bonds is 7. The summed E-state index contributed by atoms with van der Waals surface area (Å²) >= 11 is 0. The van der Waals surface area contributed by atoms with Crippen LogP contribution < -0.4 is 11.1 Å². The molecule has 0 aliphatic carbocycles. The lowest BCUT2D eigenvalue weighted by molar-refractivity contribution is -0.191. The summed E-state index contributed by atoms with van der Waals surface area (Å²) in [4.78, 5) is 39.8. The van der Waals surface area contributed by atoms with Crippen LogP contribution in [-0.4, -0.2) is 35.2 Å². The first-order valence-corrected chi connectivity index (χ1v) is 7.83. The van der Waals surface area contributed by atoms with Gasteiger partial charge < -0.3 is 16.2 Å². The average Bonchev–Trinajstić information content (AvgIpc) is 2.63. The van der Waals surface area contributed by atoms with Crippen LogP contribution in [0.15, 0.2) is 60.7 Å². The zero-order valence-corrected chi connectivity index (χ0v) is 14.0. The molecule has 1 amide bonds. The van der Waals surface area contributed by atoms with Crippen molar-refractivity contribution in [2.45, 2.75) is 24.9 Å². The molecule has 2 aromatic carbocycles. The van der Waals surface area contributed by atoms with Crippen LogP contribution in [0.1, 0.15) is 11.1 Å². The predicted octanol–water partition coefficient (Wildman–Crippen LogP) is 0.785. The van der Waals surface area contributed by atoms with Gasteiger partial charge in [-0.05, 0) is 17.5 Å². The molecule has 7 nitrogen and oxygen atoms in total. The van der Waals surface area contributed by atoms with Crippen molar-refractivity contribution in [2.75, 3.05) is 0 Å². The van der Waals surface area contributed by atoms with Crippen LogP contribution in [0, 0.1) is 0 Å². The Morgan fingerprint density at radius 3 is 1.77 bits per heavy atom. The second-order valence-electron chi connectivity index (χ2n) is 5.47. The van der Waals surface area contributed by atoms with E-state index in [4.69, 9.17) is 15.3 Å². The number of carboxylic acid groups (broad SMARTS) is 1. The Morgan fingerprint density at radius 1 is 0.923 bits per heavy atom. The number of hydrogen-bond acceptors (Lipinski definition) is 5. The van der Waals surface area contributed by atoms with Gasteiger partial charge >= 0.3 is 12.1 Å². The maximum Gasteiger partial charge on any atom is 0.373 e. The van der Waals surface area contributed by atoms with Crippen LogP contribution in [0.4, 0.5) is 0 Å². The summed E-state index contributed by atoms with van der Waals surface area (Å²) in [6.07, 6.45) is 0.838. The number of carbonyl (C=O) groups is 2. The van der Waals surface area contributed by atoms with E-state index < -0.39 is 24.0 Å². The van der Waals surface area contributed by atoms with Crippen LogP contribution in [0.3, 0.4) is 0 Å². The second-order valence-corrected chi connectivity index (χ2v) is 5.47. The third-order valence-electron chi connectivity index (χ3n) is 3.53. The minimum absolute atomic E-state index is 0.222. The van der Waals surface area contributed by atoms with Gasteiger partial charge in [0.1, 0.15) is 6.04 Å². The first kappa shape index (κ1) is 20.8. The van der Waals surface area contributed by atoms with E-state index in [1.807, 2.05) is 60.7 Å². The van der Waals surface area contributed by atoms with Crippen LogP contribution in [0.2, 0.25) is 0 Å². The lowest BCUT2D eigenvalue weighted by Crippen LogP contribution is -2.50. The molecule has 0 saturated heterocycles. The zero-order valence-electron chi connectivity index (χ0n) is 14.0. The number of nitrogens with two attached hydrogens (primary N) is 1. The molecule has 0 aliphatic heterocycles. The van der Waals surface area contributed by atoms with Gasteiger partial charge in [-0.25, -0.2) is 4.79 Å². The molecule has 7 heteroatoms. The number of nitrogens with one attached hydrogen (secondary N) is 1. The number of aliphatic carboxylic acids is 1. The first-order chi connectivity index (χ1) is 12.5. The normalized spacial score (nSPS) is 11.9. The number of amides is 1. The van der Waals surface area contributed by atoms with Crippen molar-refractivity contribution < 1.29 is 24.3 Å². The Kier molecular flexibility index (Phi) is 9.03. The fourth-order valence-electron chi connectivity index (χ4n) is 2.29. The Labute approximate surface area is 150 Å². The largest absolute Gasteiger partial charge is 0.480 e. The Balaban J connectivity index is 0.00000105. The molecule has 136 valence electrons. The summed E-state index contributed by atoms with van der Waals surface area (Å²) in [7, 11) is 0. The second kappa shape index (κ2) is 11.3. The standard InChI is InChI=1S/C18H20N2O3.CO2/c19-15(11-13-7-3-1-4-8-13)17(21)20-16(18(22)23)12-14-9-5-2-6-10-14;2-1-3/h1-10,15-16H,11-12,19H2,(H,20,21)(H,22,23);. The number of carbonyl (C=O) groups excluding carboxylic acids is 3. The van der Waals surface area contributed by atoms with Gasteiger partial charge in [-0.3, -0.25) is 4.79 Å². The lowest BCUT2D eigenvalue weighted by atomic mass is 10.0. The van der Waals surface area contributed by atoms with Gasteiger partial charge in [0.2, 0.25) is 5.91 Å². The third-order valence-corrected chi connectivity index (χ3v) is 3.53. The monoisotopic (exact) mass is 356 g/mol. The summed E-state index contributed by atoms with van der Waals surface area (Å²) in [5.41, 5.74) is 7.67. The van der Waals surface area contributed by atoms with E-state index in [-0.39, 0.29) is 12.6 Å². The summed E-state index contributed by atoms with van der Waals surface area (Å²) < 4.78 is 0. The molecule has 0 fully saturated rings. The molecule has 2 rings (SSSR count). The first-order valence-electron chi connectivity index (χ1n) is 7.83. The molecule has 0 radical (unpaired) electrons. The average molecular weight is 356 g/mol. The van der Waals surface area contributed by atoms with E-state index in [9.17, 15) is 14.7 Å². The van der Waals surface area contributed by atoms with Crippen molar-refractivity contribution >= 4 is 18.0 Å². The lowest BCUT2D eigenvalue weighted by Gasteiger charge is -2.18. The van der Waals surface area contributed by atoms with Crippen LogP contribution >= 0.6 is 0 Å². The van der Waals surface area contributed by atoms with E-state index in [2.05, 4.69) is 5.32 Å². The summed E-state index contributed by atoms with van der Waals surface area (Å²) in [5, 5.41) is 11.8. The number of benzene rings is 2. The molecular formula is C19H20N2O5. The minimum atomic E-state index is -1.07. The number of hydrogen-bond donors (Lipinski definition) is 3. The summed E-state index contributed by atoms with van der Waals surface area (Å²) in [6, 6.07) is 16.8. The molecular weight excluding hydrogens is 336 g/mol. The van der Waals surface area contributed by atoms with Crippen molar-refractivity contribution in [3.63, 3.8) is 0 Å². The molecule has 4 N–H and O–H groups in total. The smallest absolute Gasteiger partial charge is 0.373 e. The van der Waals surface area contributed by atoms with Gasteiger partial charge in [-0.1, -0.05) is 60.7 Å². The van der Waals surface area contributed by atoms with Gasteiger partial charge in [0, 0.05) is 6.42 Å². The van der Waals surface area contributed by atoms with Crippen molar-refractivity contribution in [2.24, 2.45) is 5.73 Å². The molecule has 26 heavy (non-hydrogen) atoms. The molecule has 2 unspecified atom stereocenters. The SMILES string of the molecule is NC(Cc1ccccc1)C(=O)NC(Cc1ccccc1)C(=O)O.O=C=O. The fraction of sp³-hybridized carbons (Fsp3) is 0.211. The molecule has 0 aliphatic rings. The molecule has 0 saturated carbocycles. The van der Waals surface area contributed by atoms with Gasteiger partial charge in [-0.2, -0.15) is 9.59 Å². The molecule has 0 heterocycles. The van der Waals surface area contributed by atoms with Gasteiger partial charge in [0.15, 0.2) is 0 Å². The molecule has 2 atom stereocenters. The quantitative estimate of drug-likeness (QED) is 0.673. The number of carboxylic acids is 1. The molecule has 0 spiro atoms. The summed E-state index contributed by atoms with van der Waals surface area (Å²) in [5.74, 6) is -1.54. The highest BCUT2D eigenvalue weighted by Gasteiger charge is 2.23. The van der Waals surface area contributed by atoms with E-state index in [0.29, 0.717) is 6.42 Å². The highest BCUT2D eigenvalue weighted by Crippen LogP contribution is 2.05. The van der Waals surface area contributed by atoms with Crippen molar-refractivity contribution in [1.82, 2.24) is 5.32 Å². The topological polar surface area (TPSA) is 127 Å². The minimum Gasteiger partial charge on any atom is -0.480 e. The highest BCUT2D eigenvalue weighted by atomic mass is 16.4. The van der Waals surface area contributed by atoms with Crippen molar-refractivity contribution in [1.29, 1.82) is 0 Å². The van der Waals surface area contributed by atoms with Crippen LogP contribution in [0.25, 0.3) is 0 Å². The van der Waals surface area contributed by atoms with E-state index in [1.54, 1.807) is 0 Å². The maximum absolute atomic E-state index is 12.2.